The molecule has 3 aliphatic rings. The minimum atomic E-state index is 0.905. The Hall–Kier alpha value is -2.16. The van der Waals surface area contributed by atoms with Crippen LogP contribution in [0.4, 0.5) is 0 Å². The van der Waals surface area contributed by atoms with Crippen molar-refractivity contribution >= 4 is 0 Å². The molecule has 0 amide bonds. The van der Waals surface area contributed by atoms with Crippen LogP contribution in [0.3, 0.4) is 0 Å². The van der Waals surface area contributed by atoms with E-state index >= 15 is 0 Å². The van der Waals surface area contributed by atoms with Crippen molar-refractivity contribution in [2.75, 3.05) is 6.54 Å². The summed E-state index contributed by atoms with van der Waals surface area (Å²) in [5, 5.41) is 6.35. The van der Waals surface area contributed by atoms with Gasteiger partial charge in [0.25, 0.3) is 0 Å². The van der Waals surface area contributed by atoms with Crippen LogP contribution in [-0.4, -0.2) is 21.7 Å². The predicted molar refractivity (Wildman–Crippen MR) is 64.2 cm³/mol. The Bertz CT molecular complexity index is 452. The summed E-state index contributed by atoms with van der Waals surface area (Å²) < 4.78 is 0. The van der Waals surface area contributed by atoms with E-state index in [1.165, 1.54) is 5.70 Å². The van der Waals surface area contributed by atoms with Crippen LogP contribution in [0.1, 0.15) is 0 Å². The minimum Gasteiger partial charge on any atom is -0.263 e. The first kappa shape index (κ1) is 9.09. The van der Waals surface area contributed by atoms with Crippen molar-refractivity contribution in [1.29, 1.82) is 0 Å². The van der Waals surface area contributed by atoms with Gasteiger partial charge in [-0.15, -0.1) is 0 Å². The zero-order valence-electron chi connectivity index (χ0n) is 8.90. The molecule has 0 fully saturated rings. The van der Waals surface area contributed by atoms with Gasteiger partial charge in [-0.05, 0) is 30.4 Å². The topological polar surface area (TPSA) is 9.72 Å². The average molecular weight is 211 g/mol. The second-order valence-electron chi connectivity index (χ2n) is 3.69. The van der Waals surface area contributed by atoms with Gasteiger partial charge in [0.05, 0.1) is 12.2 Å². The largest absolute Gasteiger partial charge is 0.263 e. The molecule has 80 valence electrons. The van der Waals surface area contributed by atoms with E-state index in [0.29, 0.717) is 0 Å². The first-order chi connectivity index (χ1) is 7.95. The van der Waals surface area contributed by atoms with E-state index < -0.39 is 0 Å². The van der Waals surface area contributed by atoms with Gasteiger partial charge in [0.2, 0.25) is 0 Å². The molecule has 0 aliphatic carbocycles. The highest BCUT2D eigenvalue weighted by Crippen LogP contribution is 2.22. The summed E-state index contributed by atoms with van der Waals surface area (Å²) in [7, 11) is 0. The van der Waals surface area contributed by atoms with Crippen LogP contribution in [0.25, 0.3) is 0 Å². The van der Waals surface area contributed by atoms with E-state index in [-0.39, 0.29) is 0 Å². The van der Waals surface area contributed by atoms with Gasteiger partial charge < -0.3 is 0 Å². The molecule has 0 aromatic heterocycles. The van der Waals surface area contributed by atoms with Gasteiger partial charge in [0.15, 0.2) is 0 Å². The molecule has 0 saturated heterocycles. The zero-order valence-corrected chi connectivity index (χ0v) is 8.90. The molecule has 0 bridgehead atoms. The Balaban J connectivity index is 2.01. The molecule has 0 aromatic rings. The van der Waals surface area contributed by atoms with Gasteiger partial charge in [-0.1, -0.05) is 18.2 Å². The summed E-state index contributed by atoms with van der Waals surface area (Å²) in [5.41, 5.74) is 1.20. The molecule has 0 N–H and O–H groups in total. The highest BCUT2D eigenvalue weighted by molar-refractivity contribution is 5.30. The lowest BCUT2D eigenvalue weighted by molar-refractivity contribution is -0.0569. The van der Waals surface area contributed by atoms with Gasteiger partial charge >= 0.3 is 0 Å². The second kappa shape index (κ2) is 3.77. The van der Waals surface area contributed by atoms with Crippen molar-refractivity contribution < 1.29 is 0 Å². The van der Waals surface area contributed by atoms with Crippen molar-refractivity contribution in [2.45, 2.75) is 0 Å². The third-order valence-electron chi connectivity index (χ3n) is 2.65. The van der Waals surface area contributed by atoms with E-state index in [1.807, 2.05) is 36.7 Å². The molecule has 3 aliphatic heterocycles. The van der Waals surface area contributed by atoms with Gasteiger partial charge in [-0.2, -0.15) is 5.12 Å². The molecule has 3 heterocycles. The third-order valence-corrected chi connectivity index (χ3v) is 2.65. The molecule has 0 unspecified atom stereocenters. The summed E-state index contributed by atoms with van der Waals surface area (Å²) in [6.07, 6.45) is 22.7. The molecule has 3 nitrogen and oxygen atoms in total. The fourth-order valence-electron chi connectivity index (χ4n) is 1.90. The quantitative estimate of drug-likeness (QED) is 0.608. The summed E-state index contributed by atoms with van der Waals surface area (Å²) in [4.78, 5) is 0. The first-order valence-electron chi connectivity index (χ1n) is 5.37. The fourth-order valence-corrected chi connectivity index (χ4v) is 1.90. The smallest absolute Gasteiger partial charge is 0.0600 e. The molecule has 0 atom stereocenters. The second-order valence-corrected chi connectivity index (χ2v) is 3.69. The lowest BCUT2D eigenvalue weighted by Crippen LogP contribution is -2.44. The van der Waals surface area contributed by atoms with Crippen molar-refractivity contribution in [2.24, 2.45) is 0 Å². The number of fused-ring (bicyclic) bond motifs is 3. The van der Waals surface area contributed by atoms with Crippen LogP contribution in [0.2, 0.25) is 0 Å². The third kappa shape index (κ3) is 1.46. The molecular weight excluding hydrogens is 198 g/mol. The Kier molecular flexibility index (Phi) is 2.14. The Morgan fingerprint density at radius 1 is 0.875 bits per heavy atom. The molecule has 16 heavy (non-hydrogen) atoms. The maximum Gasteiger partial charge on any atom is 0.0600 e. The van der Waals surface area contributed by atoms with E-state index in [1.54, 1.807) is 0 Å². The number of hydrogen-bond donors (Lipinski definition) is 0. The Morgan fingerprint density at radius 3 is 2.62 bits per heavy atom. The molecule has 0 aromatic carbocycles. The zero-order chi connectivity index (χ0) is 10.8. The number of hydrogen-bond acceptors (Lipinski definition) is 3. The van der Waals surface area contributed by atoms with Crippen LogP contribution in [0.15, 0.2) is 72.9 Å². The average Bonchev–Trinajstić information content (AvgIpc) is 2.78. The number of rotatable bonds is 0. The van der Waals surface area contributed by atoms with E-state index in [0.717, 1.165) is 6.54 Å². The van der Waals surface area contributed by atoms with Crippen LogP contribution >= 0.6 is 0 Å². The molecule has 3 heteroatoms. The van der Waals surface area contributed by atoms with Crippen molar-refractivity contribution in [1.82, 2.24) is 15.1 Å². The SMILES string of the molecule is C1=CC=C2C=CCN2N2C=CC=CN2C=C1. The summed E-state index contributed by atoms with van der Waals surface area (Å²) in [6.45, 7) is 0.905. The van der Waals surface area contributed by atoms with E-state index in [2.05, 4.69) is 45.6 Å². The van der Waals surface area contributed by atoms with Crippen molar-refractivity contribution in [3.63, 3.8) is 0 Å². The maximum atomic E-state index is 2.21. The highest BCUT2D eigenvalue weighted by atomic mass is 15.9. The van der Waals surface area contributed by atoms with Gasteiger partial charge in [0.1, 0.15) is 0 Å². The first-order valence-corrected chi connectivity index (χ1v) is 5.37. The van der Waals surface area contributed by atoms with Gasteiger partial charge in [-0.3, -0.25) is 5.01 Å². The molecule has 0 radical (unpaired) electrons. The molecular formula is C13H13N3. The lowest BCUT2D eigenvalue weighted by Gasteiger charge is -2.39. The summed E-state index contributed by atoms with van der Waals surface area (Å²) in [5.74, 6) is 0. The number of hydrazine groups is 2. The fraction of sp³-hybridized carbons (Fsp3) is 0.0769. The van der Waals surface area contributed by atoms with Gasteiger partial charge in [0, 0.05) is 18.6 Å². The Labute approximate surface area is 95.2 Å². The molecule has 3 rings (SSSR count). The Morgan fingerprint density at radius 2 is 1.69 bits per heavy atom. The van der Waals surface area contributed by atoms with Crippen LogP contribution in [0, 0.1) is 0 Å². The maximum absolute atomic E-state index is 2.21. The van der Waals surface area contributed by atoms with Crippen molar-refractivity contribution in [3.05, 3.63) is 72.9 Å². The molecule has 0 spiro atoms. The highest BCUT2D eigenvalue weighted by Gasteiger charge is 2.20. The summed E-state index contributed by atoms with van der Waals surface area (Å²) >= 11 is 0. The predicted octanol–water partition coefficient (Wildman–Crippen LogP) is 2.30. The standard InChI is InChI=1S/C13H13N3/c1-2-7-13-8-6-11-15(13)16-12-5-4-10-14(16)9-3-1/h1-10,12H,11H2. The van der Waals surface area contributed by atoms with E-state index in [9.17, 15) is 0 Å². The van der Waals surface area contributed by atoms with Gasteiger partial charge in [-0.25, -0.2) is 5.01 Å². The van der Waals surface area contributed by atoms with E-state index in [4.69, 9.17) is 0 Å². The number of nitrogens with zero attached hydrogens (tertiary/aromatic N) is 3. The van der Waals surface area contributed by atoms with Crippen LogP contribution < -0.4 is 0 Å². The van der Waals surface area contributed by atoms with Crippen molar-refractivity contribution in [3.8, 4) is 0 Å². The minimum absolute atomic E-state index is 0.905. The summed E-state index contributed by atoms with van der Waals surface area (Å²) in [6, 6.07) is 0. The molecule has 0 saturated carbocycles. The monoisotopic (exact) mass is 211 g/mol. The number of allylic oxidation sites excluding steroid dienone is 7. The van der Waals surface area contributed by atoms with Crippen LogP contribution in [-0.2, 0) is 0 Å². The normalized spacial score (nSPS) is 21.5. The lowest BCUT2D eigenvalue weighted by atomic mass is 10.3. The van der Waals surface area contributed by atoms with Crippen LogP contribution in [0.5, 0.6) is 0 Å².